The molecule has 0 bridgehead atoms. The Morgan fingerprint density at radius 1 is 1.42 bits per heavy atom. The number of hydrazine groups is 1. The first kappa shape index (κ1) is 6.84. The Morgan fingerprint density at radius 3 is 3.08 bits per heavy atom. The molecule has 0 atom stereocenters. The van der Waals surface area contributed by atoms with Crippen LogP contribution in [-0.4, -0.2) is 11.2 Å². The number of aromatic nitrogens is 1. The molecule has 1 aromatic rings. The quantitative estimate of drug-likeness (QED) is 0.663. The molecule has 0 fully saturated rings. The van der Waals surface area contributed by atoms with Crippen LogP contribution in [0.15, 0.2) is 41.9 Å². The number of hydrazone groups is 1. The average Bonchev–Trinajstić information content (AvgIpc) is 2.21. The van der Waals surface area contributed by atoms with E-state index in [0.717, 1.165) is 5.69 Å². The minimum absolute atomic E-state index is 0.915. The molecule has 0 amide bonds. The summed E-state index contributed by atoms with van der Waals surface area (Å²) in [6.45, 7) is 0. The standard InChI is InChI=1S/C8H8N4/c1-3-8(7-9-4-1)12-10-5-2-6-11-12/h1-7,10H. The normalized spacial score (nSPS) is 14.5. The number of hydrogen-bond acceptors (Lipinski definition) is 4. The van der Waals surface area contributed by atoms with Crippen LogP contribution in [0.1, 0.15) is 0 Å². The van der Waals surface area contributed by atoms with Crippen LogP contribution in [0.5, 0.6) is 0 Å². The molecule has 60 valence electrons. The lowest BCUT2D eigenvalue weighted by Gasteiger charge is -2.19. The first-order chi connectivity index (χ1) is 5.97. The lowest BCUT2D eigenvalue weighted by molar-refractivity contribution is 0.772. The molecule has 1 N–H and O–H groups in total. The van der Waals surface area contributed by atoms with Crippen molar-refractivity contribution in [3.63, 3.8) is 0 Å². The van der Waals surface area contributed by atoms with E-state index in [0.29, 0.717) is 0 Å². The van der Waals surface area contributed by atoms with Crippen LogP contribution in [0.2, 0.25) is 0 Å². The minimum Gasteiger partial charge on any atom is -0.285 e. The fraction of sp³-hybridized carbons (Fsp3) is 0. The van der Waals surface area contributed by atoms with Gasteiger partial charge in [-0.1, -0.05) is 0 Å². The summed E-state index contributed by atoms with van der Waals surface area (Å²) in [7, 11) is 0. The summed E-state index contributed by atoms with van der Waals surface area (Å²) in [6.07, 6.45) is 8.81. The molecule has 0 saturated heterocycles. The predicted octanol–water partition coefficient (Wildman–Crippen LogP) is 0.906. The molecule has 4 heteroatoms. The monoisotopic (exact) mass is 160 g/mol. The average molecular weight is 160 g/mol. The van der Waals surface area contributed by atoms with Gasteiger partial charge in [0.2, 0.25) is 0 Å². The number of hydrogen-bond donors (Lipinski definition) is 1. The lowest BCUT2D eigenvalue weighted by Crippen LogP contribution is -2.30. The zero-order valence-corrected chi connectivity index (χ0v) is 6.38. The molecule has 0 unspecified atom stereocenters. The fourth-order valence-corrected chi connectivity index (χ4v) is 0.915. The van der Waals surface area contributed by atoms with E-state index in [1.54, 1.807) is 29.9 Å². The van der Waals surface area contributed by atoms with Gasteiger partial charge < -0.3 is 0 Å². The van der Waals surface area contributed by atoms with E-state index in [9.17, 15) is 0 Å². The summed E-state index contributed by atoms with van der Waals surface area (Å²) in [6, 6.07) is 3.79. The van der Waals surface area contributed by atoms with Gasteiger partial charge in [0.05, 0.1) is 12.4 Å². The summed E-state index contributed by atoms with van der Waals surface area (Å²) in [5.74, 6) is 0. The van der Waals surface area contributed by atoms with Crippen molar-refractivity contribution in [2.75, 3.05) is 5.12 Å². The zero-order chi connectivity index (χ0) is 8.23. The third kappa shape index (κ3) is 1.27. The molecule has 0 radical (unpaired) electrons. The van der Waals surface area contributed by atoms with E-state index < -0.39 is 0 Å². The highest BCUT2D eigenvalue weighted by molar-refractivity contribution is 5.73. The second kappa shape index (κ2) is 3.04. The number of nitrogens with one attached hydrogen (secondary N) is 1. The van der Waals surface area contributed by atoms with E-state index in [2.05, 4.69) is 15.5 Å². The van der Waals surface area contributed by atoms with Gasteiger partial charge in [0.25, 0.3) is 0 Å². The van der Waals surface area contributed by atoms with Crippen LogP contribution < -0.4 is 10.5 Å². The Balaban J connectivity index is 2.21. The number of anilines is 1. The Hall–Kier alpha value is -1.84. The van der Waals surface area contributed by atoms with Crippen molar-refractivity contribution in [1.29, 1.82) is 0 Å². The number of pyridine rings is 1. The highest BCUT2D eigenvalue weighted by Gasteiger charge is 2.01. The summed E-state index contributed by atoms with van der Waals surface area (Å²) >= 11 is 0. The molecule has 0 aliphatic carbocycles. The Bertz CT molecular complexity index is 304. The van der Waals surface area contributed by atoms with E-state index in [-0.39, 0.29) is 0 Å². The van der Waals surface area contributed by atoms with E-state index >= 15 is 0 Å². The van der Waals surface area contributed by atoms with Crippen LogP contribution in [-0.2, 0) is 0 Å². The van der Waals surface area contributed by atoms with E-state index in [1.165, 1.54) is 0 Å². The van der Waals surface area contributed by atoms with E-state index in [1.807, 2.05) is 18.2 Å². The van der Waals surface area contributed by atoms with Crippen LogP contribution in [0, 0.1) is 0 Å². The van der Waals surface area contributed by atoms with Gasteiger partial charge in [0.15, 0.2) is 0 Å². The van der Waals surface area contributed by atoms with Gasteiger partial charge in [-0.2, -0.15) is 10.2 Å². The molecule has 1 aliphatic rings. The molecule has 1 aliphatic heterocycles. The van der Waals surface area contributed by atoms with Crippen molar-refractivity contribution < 1.29 is 0 Å². The van der Waals surface area contributed by atoms with Crippen molar-refractivity contribution in [3.05, 3.63) is 36.8 Å². The van der Waals surface area contributed by atoms with Crippen LogP contribution >= 0.6 is 0 Å². The molecule has 0 spiro atoms. The van der Waals surface area contributed by atoms with Gasteiger partial charge in [0.1, 0.15) is 5.69 Å². The Labute approximate surface area is 70.2 Å². The van der Waals surface area contributed by atoms with Crippen molar-refractivity contribution in [2.45, 2.75) is 0 Å². The van der Waals surface area contributed by atoms with Crippen LogP contribution in [0.3, 0.4) is 0 Å². The Kier molecular flexibility index (Phi) is 1.74. The van der Waals surface area contributed by atoms with Gasteiger partial charge in [-0.25, -0.2) is 0 Å². The molecule has 0 aromatic carbocycles. The summed E-state index contributed by atoms with van der Waals surface area (Å²) in [4.78, 5) is 3.98. The molecule has 4 nitrogen and oxygen atoms in total. The van der Waals surface area contributed by atoms with Gasteiger partial charge in [-0.15, -0.1) is 0 Å². The SMILES string of the molecule is C1=CNN(c2cccnc2)N=C1. The molecule has 12 heavy (non-hydrogen) atoms. The number of rotatable bonds is 1. The number of allylic oxidation sites excluding steroid dienone is 1. The molecule has 2 rings (SSSR count). The maximum Gasteiger partial charge on any atom is 0.102 e. The van der Waals surface area contributed by atoms with Gasteiger partial charge in [-0.05, 0) is 18.2 Å². The lowest BCUT2D eigenvalue weighted by atomic mass is 10.4. The summed E-state index contributed by atoms with van der Waals surface area (Å²) in [5.41, 5.74) is 3.87. The molecule has 0 saturated carbocycles. The highest BCUT2D eigenvalue weighted by atomic mass is 15.7. The topological polar surface area (TPSA) is 40.5 Å². The summed E-state index contributed by atoms with van der Waals surface area (Å²) < 4.78 is 0. The largest absolute Gasteiger partial charge is 0.285 e. The highest BCUT2D eigenvalue weighted by Crippen LogP contribution is 2.09. The summed E-state index contributed by atoms with van der Waals surface area (Å²) in [5, 5.41) is 5.72. The molecular weight excluding hydrogens is 152 g/mol. The second-order valence-corrected chi connectivity index (χ2v) is 2.28. The fourth-order valence-electron chi connectivity index (χ4n) is 0.915. The molecule has 2 heterocycles. The maximum atomic E-state index is 4.07. The number of nitrogens with zero attached hydrogens (tertiary/aromatic N) is 3. The zero-order valence-electron chi connectivity index (χ0n) is 6.38. The molecule has 1 aromatic heterocycles. The van der Waals surface area contributed by atoms with Gasteiger partial charge in [0, 0.05) is 12.4 Å². The van der Waals surface area contributed by atoms with Crippen molar-refractivity contribution in [1.82, 2.24) is 10.4 Å². The maximum absolute atomic E-state index is 4.07. The van der Waals surface area contributed by atoms with Crippen molar-refractivity contribution >= 4 is 11.9 Å². The minimum atomic E-state index is 0.915. The van der Waals surface area contributed by atoms with Crippen LogP contribution in [0.4, 0.5) is 5.69 Å². The van der Waals surface area contributed by atoms with Gasteiger partial charge >= 0.3 is 0 Å². The first-order valence-corrected chi connectivity index (χ1v) is 3.62. The smallest absolute Gasteiger partial charge is 0.102 e. The van der Waals surface area contributed by atoms with Crippen molar-refractivity contribution in [2.24, 2.45) is 5.10 Å². The third-order valence-corrected chi connectivity index (χ3v) is 1.45. The Morgan fingerprint density at radius 2 is 2.42 bits per heavy atom. The van der Waals surface area contributed by atoms with Crippen LogP contribution in [0.25, 0.3) is 0 Å². The second-order valence-electron chi connectivity index (χ2n) is 2.28. The van der Waals surface area contributed by atoms with Gasteiger partial charge in [-0.3, -0.25) is 10.4 Å². The van der Waals surface area contributed by atoms with Crippen molar-refractivity contribution in [3.8, 4) is 0 Å². The van der Waals surface area contributed by atoms with E-state index in [4.69, 9.17) is 0 Å². The predicted molar refractivity (Wildman–Crippen MR) is 47.5 cm³/mol. The first-order valence-electron chi connectivity index (χ1n) is 3.62. The molecular formula is C8H8N4. The third-order valence-electron chi connectivity index (χ3n) is 1.45.